The van der Waals surface area contributed by atoms with Gasteiger partial charge in [-0.2, -0.15) is 0 Å². The van der Waals surface area contributed by atoms with Crippen molar-refractivity contribution in [3.8, 4) is 0 Å². The molecule has 9 nitrogen and oxygen atoms in total. The topological polar surface area (TPSA) is 126 Å². The van der Waals surface area contributed by atoms with Crippen molar-refractivity contribution in [2.45, 2.75) is 88.6 Å². The van der Waals surface area contributed by atoms with E-state index in [1.54, 1.807) is 0 Å². The van der Waals surface area contributed by atoms with Crippen LogP contribution in [0.25, 0.3) is 0 Å². The summed E-state index contributed by atoms with van der Waals surface area (Å²) in [6.45, 7) is 4.92. The van der Waals surface area contributed by atoms with Gasteiger partial charge in [0.25, 0.3) is 0 Å². The number of ether oxygens (including phenoxy) is 1. The van der Waals surface area contributed by atoms with Gasteiger partial charge in [-0.25, -0.2) is 8.78 Å². The van der Waals surface area contributed by atoms with Gasteiger partial charge in [0.1, 0.15) is 24.2 Å². The number of piperidine rings is 1. The number of hydrogen-bond acceptors (Lipinski definition) is 8. The van der Waals surface area contributed by atoms with Crippen LogP contribution in [0.15, 0.2) is 0 Å². The highest BCUT2D eigenvalue weighted by Gasteiger charge is 2.41. The molecule has 2 unspecified atom stereocenters. The fourth-order valence-electron chi connectivity index (χ4n) is 5.77. The molecule has 37 heavy (non-hydrogen) atoms. The van der Waals surface area contributed by atoms with Crippen LogP contribution in [-0.4, -0.2) is 109 Å². The van der Waals surface area contributed by atoms with Gasteiger partial charge in [0.05, 0.1) is 25.9 Å². The van der Waals surface area contributed by atoms with Crippen LogP contribution in [0.5, 0.6) is 0 Å². The van der Waals surface area contributed by atoms with Crippen LogP contribution in [0.4, 0.5) is 8.78 Å². The highest BCUT2D eigenvalue weighted by Crippen LogP contribution is 2.34. The van der Waals surface area contributed by atoms with Gasteiger partial charge >= 0.3 is 0 Å². The Balaban J connectivity index is 1.30. The maximum absolute atomic E-state index is 14.8. The molecule has 216 valence electrons. The van der Waals surface area contributed by atoms with Crippen molar-refractivity contribution in [1.82, 2.24) is 20.9 Å². The molecule has 1 saturated carbocycles. The first-order valence-electron chi connectivity index (χ1n) is 14.1. The number of hydrogen-bond donors (Lipinski definition) is 6. The van der Waals surface area contributed by atoms with E-state index in [0.29, 0.717) is 18.4 Å². The molecule has 11 heteroatoms. The first kappa shape index (κ1) is 30.6. The molecule has 3 aliphatic rings. The summed E-state index contributed by atoms with van der Waals surface area (Å²) < 4.78 is 35.3. The molecule has 2 atom stereocenters. The summed E-state index contributed by atoms with van der Waals surface area (Å²) in [4.78, 5) is 14.7. The van der Waals surface area contributed by atoms with E-state index in [1.165, 1.54) is 6.42 Å². The summed E-state index contributed by atoms with van der Waals surface area (Å²) in [5, 5.41) is 37.5. The molecular weight excluding hydrogens is 486 g/mol. The number of aliphatic hydroxyl groups is 3. The molecule has 0 aromatic rings. The largest absolute Gasteiger partial charge is 0.394 e. The van der Waals surface area contributed by atoms with Gasteiger partial charge in [-0.05, 0) is 37.5 Å². The molecule has 0 aromatic carbocycles. The van der Waals surface area contributed by atoms with Crippen molar-refractivity contribution in [2.75, 3.05) is 52.6 Å². The summed E-state index contributed by atoms with van der Waals surface area (Å²) in [6, 6.07) is 0. The van der Waals surface area contributed by atoms with E-state index in [1.807, 2.05) is 0 Å². The Morgan fingerprint density at radius 1 is 1.03 bits per heavy atom. The van der Waals surface area contributed by atoms with Crippen LogP contribution in [0, 0.1) is 17.8 Å². The fraction of sp³-hybridized carbons (Fsp3) is 0.962. The number of aliphatic hydroxyl groups excluding tert-OH is 3. The summed E-state index contributed by atoms with van der Waals surface area (Å²) in [7, 11) is 0. The van der Waals surface area contributed by atoms with Crippen molar-refractivity contribution in [3.63, 3.8) is 0 Å². The summed E-state index contributed by atoms with van der Waals surface area (Å²) in [6.07, 6.45) is 1.79. The lowest BCUT2D eigenvalue weighted by molar-refractivity contribution is -0.129. The average Bonchev–Trinajstić information content (AvgIpc) is 2.92. The molecule has 6 N–H and O–H groups in total. The lowest BCUT2D eigenvalue weighted by atomic mass is 9.81. The number of nitrogens with zero attached hydrogens (tertiary/aromatic N) is 1. The van der Waals surface area contributed by atoms with Crippen LogP contribution >= 0.6 is 0 Å². The van der Waals surface area contributed by atoms with E-state index in [2.05, 4.69) is 27.8 Å². The fourth-order valence-corrected chi connectivity index (χ4v) is 5.77. The molecule has 2 saturated heterocycles. The van der Waals surface area contributed by atoms with E-state index in [-0.39, 0.29) is 19.1 Å². The van der Waals surface area contributed by atoms with Gasteiger partial charge in [0.15, 0.2) is 0 Å². The van der Waals surface area contributed by atoms with E-state index in [9.17, 15) is 28.9 Å². The van der Waals surface area contributed by atoms with Crippen molar-refractivity contribution >= 4 is 5.91 Å². The van der Waals surface area contributed by atoms with Crippen LogP contribution in [-0.2, 0) is 9.53 Å². The smallest absolute Gasteiger partial charge is 0.221 e. The molecule has 2 heterocycles. The Kier molecular flexibility index (Phi) is 12.4. The molecule has 1 aliphatic carbocycles. The van der Waals surface area contributed by atoms with Gasteiger partial charge in [0, 0.05) is 58.0 Å². The van der Waals surface area contributed by atoms with Crippen LogP contribution in [0.1, 0.15) is 58.3 Å². The number of halogens is 2. The molecule has 1 amide bonds. The second-order valence-corrected chi connectivity index (χ2v) is 11.3. The van der Waals surface area contributed by atoms with Gasteiger partial charge in [-0.1, -0.05) is 13.3 Å². The van der Waals surface area contributed by atoms with Crippen LogP contribution < -0.4 is 16.0 Å². The van der Waals surface area contributed by atoms with Crippen LogP contribution in [0.3, 0.4) is 0 Å². The molecule has 0 spiro atoms. The van der Waals surface area contributed by atoms with E-state index >= 15 is 0 Å². The third-order valence-corrected chi connectivity index (χ3v) is 8.54. The van der Waals surface area contributed by atoms with Crippen LogP contribution in [0.2, 0.25) is 0 Å². The zero-order valence-electron chi connectivity index (χ0n) is 22.2. The monoisotopic (exact) mass is 534 g/mol. The second kappa shape index (κ2) is 15.0. The predicted molar refractivity (Wildman–Crippen MR) is 136 cm³/mol. The van der Waals surface area contributed by atoms with Crippen molar-refractivity contribution < 1.29 is 33.6 Å². The van der Waals surface area contributed by atoms with Crippen molar-refractivity contribution in [3.05, 3.63) is 0 Å². The second-order valence-electron chi connectivity index (χ2n) is 11.3. The minimum Gasteiger partial charge on any atom is -0.394 e. The van der Waals surface area contributed by atoms with Crippen molar-refractivity contribution in [1.29, 1.82) is 0 Å². The quantitative estimate of drug-likeness (QED) is 0.191. The maximum Gasteiger partial charge on any atom is 0.221 e. The SMILES string of the molecule is CCC1CNC(N2CCC(CCCOC3CC(F)C(CC(=O)NC(CO)(CO)CO)C(F)C3)CC2)NC1. The number of alkyl halides is 2. The Hall–Kier alpha value is -0.950. The van der Waals surface area contributed by atoms with E-state index < -0.39 is 62.1 Å². The van der Waals surface area contributed by atoms with E-state index in [0.717, 1.165) is 51.9 Å². The first-order chi connectivity index (χ1) is 17.8. The molecule has 2 aliphatic heterocycles. The zero-order chi connectivity index (χ0) is 26.8. The Bertz CT molecular complexity index is 653. The number of likely N-dealkylation sites (tertiary alicyclic amines) is 1. The third kappa shape index (κ3) is 8.78. The van der Waals surface area contributed by atoms with Crippen molar-refractivity contribution in [2.24, 2.45) is 17.8 Å². The lowest BCUT2D eigenvalue weighted by Crippen LogP contribution is -2.62. The minimum atomic E-state index is -1.60. The average molecular weight is 535 g/mol. The molecule has 0 aromatic heterocycles. The third-order valence-electron chi connectivity index (χ3n) is 8.54. The molecule has 0 bridgehead atoms. The molecule has 3 fully saturated rings. The van der Waals surface area contributed by atoms with Gasteiger partial charge in [-0.3, -0.25) is 20.3 Å². The Morgan fingerprint density at radius 2 is 1.62 bits per heavy atom. The number of nitrogens with one attached hydrogen (secondary N) is 3. The summed E-state index contributed by atoms with van der Waals surface area (Å²) in [5.74, 6) is -0.467. The summed E-state index contributed by atoms with van der Waals surface area (Å²) >= 11 is 0. The molecule has 3 rings (SSSR count). The Labute approximate surface area is 219 Å². The summed E-state index contributed by atoms with van der Waals surface area (Å²) in [5.41, 5.74) is -1.60. The highest BCUT2D eigenvalue weighted by molar-refractivity contribution is 5.77. The minimum absolute atomic E-state index is 0.0438. The van der Waals surface area contributed by atoms with Gasteiger partial charge in [0.2, 0.25) is 5.91 Å². The number of amides is 1. The number of carbonyl (C=O) groups excluding carboxylic acids is 1. The number of rotatable bonds is 13. The molecule has 0 radical (unpaired) electrons. The van der Waals surface area contributed by atoms with E-state index in [4.69, 9.17) is 4.74 Å². The standard InChI is InChI=1S/C26H48F2N4O5/c1-2-18-13-29-25(30-14-18)32-7-5-19(6-8-32)4-3-9-37-20-10-22(27)21(23(28)11-20)12-24(36)31-26(15-33,16-34)17-35/h18-23,25,29-30,33-35H,2-17H2,1H3,(H,31,36). The lowest BCUT2D eigenvalue weighted by Gasteiger charge is -2.41. The highest BCUT2D eigenvalue weighted by atomic mass is 19.1. The maximum atomic E-state index is 14.8. The number of carbonyl (C=O) groups is 1. The Morgan fingerprint density at radius 3 is 2.16 bits per heavy atom. The van der Waals surface area contributed by atoms with Gasteiger partial charge < -0.3 is 25.4 Å². The zero-order valence-corrected chi connectivity index (χ0v) is 22.2. The first-order valence-corrected chi connectivity index (χ1v) is 14.1. The molecular formula is C26H48F2N4O5. The predicted octanol–water partition coefficient (Wildman–Crippen LogP) is 0.675. The van der Waals surface area contributed by atoms with Gasteiger partial charge in [-0.15, -0.1) is 0 Å². The normalized spacial score (nSPS) is 32.4.